The zero-order chi connectivity index (χ0) is 34.9. The number of aromatic nitrogens is 3. The Kier molecular flexibility index (Phi) is 6.55. The van der Waals surface area contributed by atoms with E-state index in [4.69, 9.17) is 9.97 Å². The maximum Gasteiger partial charge on any atom is 0.0971 e. The van der Waals surface area contributed by atoms with Crippen LogP contribution in [0.15, 0.2) is 188 Å². The highest BCUT2D eigenvalue weighted by atomic mass is 15.0. The molecule has 0 aliphatic rings. The van der Waals surface area contributed by atoms with Crippen LogP contribution in [0.3, 0.4) is 0 Å². The van der Waals surface area contributed by atoms with Crippen molar-refractivity contribution in [3.8, 4) is 39.1 Å². The van der Waals surface area contributed by atoms with Crippen LogP contribution in [0.2, 0.25) is 0 Å². The first-order valence-corrected chi connectivity index (χ1v) is 18.1. The molecule has 2 heterocycles. The highest BCUT2D eigenvalue weighted by molar-refractivity contribution is 6.23. The molecule has 0 spiro atoms. The number of hydrogen-bond acceptors (Lipinski definition) is 2. The first kappa shape index (κ1) is 29.6. The third kappa shape index (κ3) is 4.61. The van der Waals surface area contributed by atoms with Gasteiger partial charge in [-0.2, -0.15) is 0 Å². The molecule has 3 nitrogen and oxygen atoms in total. The Morgan fingerprint density at radius 1 is 0.302 bits per heavy atom. The molecule has 246 valence electrons. The Morgan fingerprint density at radius 2 is 0.792 bits per heavy atom. The van der Waals surface area contributed by atoms with Crippen LogP contribution < -0.4 is 0 Å². The highest BCUT2D eigenvalue weighted by Crippen LogP contribution is 2.40. The van der Waals surface area contributed by atoms with E-state index in [-0.39, 0.29) is 0 Å². The van der Waals surface area contributed by atoms with Crippen LogP contribution in [0.5, 0.6) is 0 Å². The van der Waals surface area contributed by atoms with Gasteiger partial charge in [0.15, 0.2) is 0 Å². The molecule has 0 N–H and O–H groups in total. The van der Waals surface area contributed by atoms with Crippen LogP contribution in [-0.2, 0) is 0 Å². The molecular weight excluding hydrogens is 643 g/mol. The van der Waals surface area contributed by atoms with E-state index in [1.165, 1.54) is 76.9 Å². The molecule has 0 saturated carbocycles. The maximum atomic E-state index is 4.80. The minimum absolute atomic E-state index is 0.934. The molecule has 0 aliphatic carbocycles. The molecule has 0 unspecified atom stereocenters. The van der Waals surface area contributed by atoms with Gasteiger partial charge in [0.2, 0.25) is 0 Å². The molecule has 0 atom stereocenters. The summed E-state index contributed by atoms with van der Waals surface area (Å²) in [5.41, 5.74) is 12.6. The molecular formula is C50H31N3. The zero-order valence-corrected chi connectivity index (χ0v) is 28.7. The van der Waals surface area contributed by atoms with Crippen molar-refractivity contribution in [1.82, 2.24) is 14.5 Å². The lowest BCUT2D eigenvalue weighted by Gasteiger charge is -2.15. The lowest BCUT2D eigenvalue weighted by molar-refractivity contribution is 1.20. The van der Waals surface area contributed by atoms with Gasteiger partial charge in [0.05, 0.1) is 27.8 Å². The second-order valence-electron chi connectivity index (χ2n) is 13.8. The van der Waals surface area contributed by atoms with E-state index in [0.717, 1.165) is 27.4 Å². The van der Waals surface area contributed by atoms with Gasteiger partial charge in [0.25, 0.3) is 0 Å². The minimum Gasteiger partial charge on any atom is -0.309 e. The molecule has 11 aromatic rings. The highest BCUT2D eigenvalue weighted by Gasteiger charge is 2.16. The average Bonchev–Trinajstić information content (AvgIpc) is 3.57. The van der Waals surface area contributed by atoms with E-state index >= 15 is 0 Å². The predicted molar refractivity (Wildman–Crippen MR) is 223 cm³/mol. The Labute approximate surface area is 306 Å². The maximum absolute atomic E-state index is 4.80. The quantitative estimate of drug-likeness (QED) is 0.174. The molecule has 0 amide bonds. The van der Waals surface area contributed by atoms with Gasteiger partial charge >= 0.3 is 0 Å². The molecule has 0 bridgehead atoms. The van der Waals surface area contributed by atoms with Crippen molar-refractivity contribution in [2.45, 2.75) is 0 Å². The van der Waals surface area contributed by atoms with Crippen molar-refractivity contribution in [3.05, 3.63) is 188 Å². The van der Waals surface area contributed by atoms with Crippen molar-refractivity contribution in [3.63, 3.8) is 0 Å². The second kappa shape index (κ2) is 11.7. The molecule has 2 aromatic heterocycles. The zero-order valence-electron chi connectivity index (χ0n) is 28.7. The van der Waals surface area contributed by atoms with E-state index in [1.54, 1.807) is 12.4 Å². The normalized spacial score (nSPS) is 11.8. The summed E-state index contributed by atoms with van der Waals surface area (Å²) in [5, 5.41) is 9.64. The van der Waals surface area contributed by atoms with Crippen LogP contribution >= 0.6 is 0 Å². The van der Waals surface area contributed by atoms with Gasteiger partial charge < -0.3 is 4.57 Å². The van der Waals surface area contributed by atoms with E-state index in [1.807, 2.05) is 0 Å². The van der Waals surface area contributed by atoms with Gasteiger partial charge in [-0.1, -0.05) is 140 Å². The average molecular weight is 674 g/mol. The van der Waals surface area contributed by atoms with Crippen molar-refractivity contribution in [2.24, 2.45) is 0 Å². The summed E-state index contributed by atoms with van der Waals surface area (Å²) in [6, 6.07) is 63.9. The van der Waals surface area contributed by atoms with E-state index in [2.05, 4.69) is 180 Å². The Balaban J connectivity index is 1.02. The van der Waals surface area contributed by atoms with Crippen LogP contribution in [0.25, 0.3) is 104 Å². The Bertz CT molecular complexity index is 3150. The van der Waals surface area contributed by atoms with E-state index in [0.29, 0.717) is 0 Å². The molecule has 3 heteroatoms. The first-order chi connectivity index (χ1) is 26.3. The van der Waals surface area contributed by atoms with Crippen molar-refractivity contribution >= 4 is 65.2 Å². The third-order valence-electron chi connectivity index (χ3n) is 10.9. The fourth-order valence-electron chi connectivity index (χ4n) is 8.47. The fourth-order valence-corrected chi connectivity index (χ4v) is 8.47. The summed E-state index contributed by atoms with van der Waals surface area (Å²) in [5.74, 6) is 0. The minimum atomic E-state index is 0.934. The van der Waals surface area contributed by atoms with Crippen LogP contribution in [0.4, 0.5) is 0 Å². The number of nitrogens with zero attached hydrogens (tertiary/aromatic N) is 3. The van der Waals surface area contributed by atoms with Crippen LogP contribution in [-0.4, -0.2) is 14.5 Å². The molecule has 0 radical (unpaired) electrons. The predicted octanol–water partition coefficient (Wildman–Crippen LogP) is 13.2. The largest absolute Gasteiger partial charge is 0.309 e. The van der Waals surface area contributed by atoms with Crippen molar-refractivity contribution in [1.29, 1.82) is 0 Å². The smallest absolute Gasteiger partial charge is 0.0971 e. The summed E-state index contributed by atoms with van der Waals surface area (Å²) >= 11 is 0. The summed E-state index contributed by atoms with van der Waals surface area (Å²) in [6.07, 6.45) is 3.57. The fraction of sp³-hybridized carbons (Fsp3) is 0. The third-order valence-corrected chi connectivity index (χ3v) is 10.9. The molecule has 0 fully saturated rings. The first-order valence-electron chi connectivity index (χ1n) is 18.1. The molecule has 0 saturated heterocycles. The van der Waals surface area contributed by atoms with Gasteiger partial charge in [-0.25, -0.2) is 0 Å². The van der Waals surface area contributed by atoms with Crippen molar-refractivity contribution in [2.75, 3.05) is 0 Å². The molecule has 0 aliphatic heterocycles. The van der Waals surface area contributed by atoms with Gasteiger partial charge in [0, 0.05) is 39.3 Å². The van der Waals surface area contributed by atoms with Gasteiger partial charge in [-0.3, -0.25) is 9.97 Å². The van der Waals surface area contributed by atoms with Crippen molar-refractivity contribution < 1.29 is 0 Å². The summed E-state index contributed by atoms with van der Waals surface area (Å²) in [6.45, 7) is 0. The van der Waals surface area contributed by atoms with Crippen LogP contribution in [0, 0.1) is 0 Å². The van der Waals surface area contributed by atoms with Crippen LogP contribution in [0.1, 0.15) is 0 Å². The number of para-hydroxylation sites is 2. The number of rotatable bonds is 4. The van der Waals surface area contributed by atoms with E-state index in [9.17, 15) is 0 Å². The molecule has 53 heavy (non-hydrogen) atoms. The number of benzene rings is 9. The Morgan fingerprint density at radius 3 is 1.47 bits per heavy atom. The topological polar surface area (TPSA) is 30.7 Å². The molecule has 11 rings (SSSR count). The SMILES string of the molecule is c1cc(-c2cccc(-c3ccc(-n4c5ccccc5c5ccccc54)c4ccccc34)c2)cc(-c2ccc3c4ccccc4c4nccnc4c3c2)c1. The number of fused-ring (bicyclic) bond motifs is 10. The second-order valence-corrected chi connectivity index (χ2v) is 13.8. The summed E-state index contributed by atoms with van der Waals surface area (Å²) < 4.78 is 2.42. The monoisotopic (exact) mass is 673 g/mol. The lowest BCUT2D eigenvalue weighted by Crippen LogP contribution is -1.96. The van der Waals surface area contributed by atoms with E-state index < -0.39 is 0 Å². The van der Waals surface area contributed by atoms with Gasteiger partial charge in [-0.05, 0) is 85.9 Å². The molecule has 9 aromatic carbocycles. The Hall–Kier alpha value is -7.10. The summed E-state index contributed by atoms with van der Waals surface area (Å²) in [4.78, 5) is 9.55. The van der Waals surface area contributed by atoms with Gasteiger partial charge in [0.1, 0.15) is 0 Å². The van der Waals surface area contributed by atoms with Gasteiger partial charge in [-0.15, -0.1) is 0 Å². The summed E-state index contributed by atoms with van der Waals surface area (Å²) in [7, 11) is 0. The number of hydrogen-bond donors (Lipinski definition) is 0. The standard InChI is InChI=1S/C50H31N3/c1-3-17-41-38(15-1)37(25-26-48(41)53-46-21-7-5-18-42(46)43-19-6-8-22-47(43)53)36-14-10-13-34(30-36)32-11-9-12-33(29-32)35-23-24-40-39-16-2-4-20-44(39)49-50(45(40)31-35)52-28-27-51-49/h1-31H. The lowest BCUT2D eigenvalue weighted by atomic mass is 9.92.